The van der Waals surface area contributed by atoms with Crippen LogP contribution in [0.15, 0.2) is 179 Å². The molecule has 15 rings (SSSR count). The molecule has 0 aliphatic heterocycles. The fourth-order valence-electron chi connectivity index (χ4n) is 11.2. The van der Waals surface area contributed by atoms with Crippen molar-refractivity contribution in [3.63, 3.8) is 0 Å². The molecule has 0 unspecified atom stereocenters. The van der Waals surface area contributed by atoms with E-state index in [1.807, 2.05) is 101 Å². The maximum Gasteiger partial charge on any atom is 0.291 e. The molecular formula is C67H68N18O11. The van der Waals surface area contributed by atoms with Gasteiger partial charge < -0.3 is 48.9 Å². The van der Waals surface area contributed by atoms with E-state index in [1.165, 1.54) is 0 Å². The lowest BCUT2D eigenvalue weighted by Crippen LogP contribution is -2.33. The molecule has 0 atom stereocenters. The molecule has 29 nitrogen and oxygen atoms in total. The quantitative estimate of drug-likeness (QED) is 0.0349. The number of amides is 3. The number of nitrogens with one attached hydrogen (secondary N) is 6. The fourth-order valence-corrected chi connectivity index (χ4v) is 11.2. The van der Waals surface area contributed by atoms with Crippen LogP contribution >= 0.6 is 0 Å². The summed E-state index contributed by atoms with van der Waals surface area (Å²) in [6, 6.07) is 27.6. The molecule has 3 aliphatic carbocycles. The fraction of sp³-hybridized carbons (Fsp3) is 0.269. The Morgan fingerprint density at radius 2 is 0.844 bits per heavy atom. The number of hydrogen-bond donors (Lipinski definition) is 8. The van der Waals surface area contributed by atoms with Gasteiger partial charge in [-0.25, -0.2) is 0 Å². The monoisotopic (exact) mass is 1300 g/mol. The zero-order valence-electron chi connectivity index (χ0n) is 52.1. The first-order chi connectivity index (χ1) is 47.0. The zero-order valence-corrected chi connectivity index (χ0v) is 52.1. The second-order valence-corrected chi connectivity index (χ2v) is 22.5. The summed E-state index contributed by atoms with van der Waals surface area (Å²) in [5.74, 6) is 1.21. The van der Waals surface area contributed by atoms with E-state index >= 15 is 0 Å². The number of aromatic amines is 3. The number of rotatable bonds is 19. The Morgan fingerprint density at radius 1 is 0.510 bits per heavy atom. The van der Waals surface area contributed by atoms with Gasteiger partial charge in [-0.15, -0.1) is 0 Å². The number of H-pyrrole nitrogens is 3. The van der Waals surface area contributed by atoms with E-state index in [0.717, 1.165) is 68.1 Å². The predicted molar refractivity (Wildman–Crippen MR) is 349 cm³/mol. The number of aliphatic hydroxyl groups excluding tert-OH is 1. The average molecular weight is 1300 g/mol. The summed E-state index contributed by atoms with van der Waals surface area (Å²) >= 11 is 0. The first-order valence-corrected chi connectivity index (χ1v) is 31.2. The third-order valence-electron chi connectivity index (χ3n) is 16.2. The van der Waals surface area contributed by atoms with E-state index in [2.05, 4.69) is 61.5 Å². The van der Waals surface area contributed by atoms with Crippen LogP contribution < -0.4 is 16.0 Å². The highest BCUT2D eigenvalue weighted by atomic mass is 16.5. The van der Waals surface area contributed by atoms with Crippen molar-refractivity contribution in [2.24, 2.45) is 0 Å². The standard InChI is InChI=1S/3C22H22N6O3.CH2O2/c2*1-2-30-16-9-15(10-16)28-13-18(21(27-28)17-5-3-4-8-23-17)26-22(29)20-7-6-19(31-20)14-11-24-25-12-14;29-16-6-4-15(5-7-16)28-13-18(21(27-28)17-3-1-2-10-23-17)26-22(30)20-9-8-19(31-20)14-11-24-25-12-14;2-1-3/h2*3-8,11-13,15-16H,2,9-10H2,1H3,(H,24,25)(H,26,29);1-3,8-13,15-16,29H,4-7H2,(H,24,25)(H,26,30);1H,(H,2,3). The summed E-state index contributed by atoms with van der Waals surface area (Å²) < 4.78 is 34.1. The van der Waals surface area contributed by atoms with Gasteiger partial charge >= 0.3 is 0 Å². The van der Waals surface area contributed by atoms with Gasteiger partial charge in [-0.3, -0.25) is 63.5 Å². The minimum atomic E-state index is -0.370. The summed E-state index contributed by atoms with van der Waals surface area (Å²) in [5.41, 5.74) is 7.95. The lowest BCUT2D eigenvalue weighted by Gasteiger charge is -2.34. The molecule has 3 amide bonds. The van der Waals surface area contributed by atoms with Crippen LogP contribution in [0.1, 0.15) is 115 Å². The number of nitrogens with zero attached hydrogens (tertiary/aromatic N) is 12. The topological polar surface area (TPSA) is 381 Å². The molecule has 0 radical (unpaired) electrons. The molecule has 0 saturated heterocycles. The lowest BCUT2D eigenvalue weighted by atomic mass is 9.89. The van der Waals surface area contributed by atoms with Crippen LogP contribution in [0.2, 0.25) is 0 Å². The van der Waals surface area contributed by atoms with Crippen molar-refractivity contribution in [1.29, 1.82) is 0 Å². The number of aromatic nitrogens is 15. The van der Waals surface area contributed by atoms with Gasteiger partial charge in [-0.2, -0.15) is 30.6 Å². The van der Waals surface area contributed by atoms with Crippen LogP contribution in [0, 0.1) is 0 Å². The van der Waals surface area contributed by atoms with E-state index in [4.69, 9.17) is 47.9 Å². The van der Waals surface area contributed by atoms with Gasteiger partial charge in [0.05, 0.1) is 106 Å². The SMILES string of the molecule is CCOC1CC(n2cc(NC(=O)c3ccc(-c4cn[nH]c4)o3)c(-c3ccccn3)n2)C1.CCOC1CC(n2cc(NC(=O)c3ccc(-c4cn[nH]c4)o3)c(-c3ccccn3)n2)C1.O=C(Nc1cn(C2CCC(O)CC2)nc1-c1ccccn1)c1ccc(-c2cn[nH]c2)o1.O=CO. The predicted octanol–water partition coefficient (Wildman–Crippen LogP) is 11.2. The highest BCUT2D eigenvalue weighted by Gasteiger charge is 2.35. The minimum absolute atomic E-state index is 0.174. The summed E-state index contributed by atoms with van der Waals surface area (Å²) in [5, 5.41) is 59.6. The highest BCUT2D eigenvalue weighted by Crippen LogP contribution is 2.40. The van der Waals surface area contributed by atoms with Gasteiger partial charge in [0.25, 0.3) is 24.2 Å². The number of carbonyl (C=O) groups excluding carboxylic acids is 3. The van der Waals surface area contributed by atoms with Gasteiger partial charge in [0.15, 0.2) is 17.3 Å². The van der Waals surface area contributed by atoms with Crippen molar-refractivity contribution in [1.82, 2.24) is 74.9 Å². The van der Waals surface area contributed by atoms with Crippen molar-refractivity contribution in [3.8, 4) is 68.1 Å². The molecule has 0 aromatic carbocycles. The molecule has 3 fully saturated rings. The van der Waals surface area contributed by atoms with E-state index in [0.29, 0.717) is 81.7 Å². The van der Waals surface area contributed by atoms with Crippen molar-refractivity contribution >= 4 is 41.3 Å². The largest absolute Gasteiger partial charge is 0.483 e. The zero-order chi connectivity index (χ0) is 66.3. The molecule has 3 aliphatic rings. The maximum atomic E-state index is 12.9. The highest BCUT2D eigenvalue weighted by molar-refractivity contribution is 6.06. The second kappa shape index (κ2) is 30.4. The van der Waals surface area contributed by atoms with E-state index in [1.54, 1.807) is 92.2 Å². The Kier molecular flexibility index (Phi) is 20.4. The maximum absolute atomic E-state index is 12.9. The summed E-state index contributed by atoms with van der Waals surface area (Å²) in [7, 11) is 0. The second-order valence-electron chi connectivity index (χ2n) is 22.5. The molecule has 0 spiro atoms. The number of carboxylic acid groups (broad SMARTS) is 1. The van der Waals surface area contributed by atoms with Gasteiger partial charge in [-0.1, -0.05) is 18.2 Å². The van der Waals surface area contributed by atoms with Crippen LogP contribution in [-0.4, -0.2) is 141 Å². The van der Waals surface area contributed by atoms with Gasteiger partial charge in [-0.05, 0) is 138 Å². The van der Waals surface area contributed by atoms with Gasteiger partial charge in [0, 0.05) is 69.0 Å². The van der Waals surface area contributed by atoms with Crippen molar-refractivity contribution in [2.45, 2.75) is 102 Å². The van der Waals surface area contributed by atoms with Crippen molar-refractivity contribution in [2.75, 3.05) is 29.2 Å². The normalized spacial score (nSPS) is 17.8. The first-order valence-electron chi connectivity index (χ1n) is 31.2. The molecule has 0 bridgehead atoms. The first kappa shape index (κ1) is 64.4. The molecule has 12 aromatic heterocycles. The van der Waals surface area contributed by atoms with Crippen LogP contribution in [0.4, 0.5) is 17.1 Å². The van der Waals surface area contributed by atoms with Crippen LogP contribution in [-0.2, 0) is 14.3 Å². The van der Waals surface area contributed by atoms with Gasteiger partial charge in [0.2, 0.25) is 0 Å². The third kappa shape index (κ3) is 15.3. The van der Waals surface area contributed by atoms with Crippen LogP contribution in [0.3, 0.4) is 0 Å². The Bertz CT molecular complexity index is 4240. The van der Waals surface area contributed by atoms with Gasteiger partial charge in [0.1, 0.15) is 34.4 Å². The smallest absolute Gasteiger partial charge is 0.291 e. The van der Waals surface area contributed by atoms with Crippen LogP contribution in [0.5, 0.6) is 0 Å². The molecule has 29 heteroatoms. The molecule has 96 heavy (non-hydrogen) atoms. The van der Waals surface area contributed by atoms with E-state index in [9.17, 15) is 19.5 Å². The average Bonchev–Trinajstić information content (AvgIpc) is 1.62. The Hall–Kier alpha value is -11.7. The number of ether oxygens (including phenoxy) is 2. The van der Waals surface area contributed by atoms with E-state index in [-0.39, 0.29) is 77.9 Å². The van der Waals surface area contributed by atoms with Crippen molar-refractivity contribution in [3.05, 3.63) is 183 Å². The molecular weight excluding hydrogens is 1230 g/mol. The Balaban J connectivity index is 0.000000135. The number of furan rings is 3. The Morgan fingerprint density at radius 3 is 1.14 bits per heavy atom. The third-order valence-corrected chi connectivity index (χ3v) is 16.2. The number of aliphatic hydroxyl groups is 1. The number of pyridine rings is 3. The molecule has 12 heterocycles. The lowest BCUT2D eigenvalue weighted by molar-refractivity contribution is -0.122. The Labute approximate surface area is 547 Å². The van der Waals surface area contributed by atoms with Crippen molar-refractivity contribution < 1.29 is 52.1 Å². The van der Waals surface area contributed by atoms with E-state index < -0.39 is 0 Å². The van der Waals surface area contributed by atoms with Crippen LogP contribution in [0.25, 0.3) is 68.1 Å². The molecule has 12 aromatic rings. The summed E-state index contributed by atoms with van der Waals surface area (Å²) in [4.78, 5) is 60.2. The molecule has 492 valence electrons. The molecule has 8 N–H and O–H groups in total. The number of carbonyl (C=O) groups is 4. The molecule has 3 saturated carbocycles. The minimum Gasteiger partial charge on any atom is -0.483 e. The summed E-state index contributed by atoms with van der Waals surface area (Å²) in [6.45, 7) is 5.17. The summed E-state index contributed by atoms with van der Waals surface area (Å²) in [6.07, 6.45) is 27.7. The number of anilines is 3. The number of hydrogen-bond acceptors (Lipinski definition) is 19.